The largest absolute Gasteiger partial charge is 0.468 e. The summed E-state index contributed by atoms with van der Waals surface area (Å²) < 4.78 is 16.1. The van der Waals surface area contributed by atoms with Gasteiger partial charge in [0.05, 0.1) is 36.4 Å². The maximum absolute atomic E-state index is 13.7. The van der Waals surface area contributed by atoms with Crippen LogP contribution in [0.1, 0.15) is 45.6 Å². The maximum Gasteiger partial charge on any atom is 0.337 e. The molecule has 2 aliphatic rings. The molecule has 1 aromatic heterocycles. The third-order valence-electron chi connectivity index (χ3n) is 6.32. The van der Waals surface area contributed by atoms with E-state index in [1.54, 1.807) is 52.0 Å². The van der Waals surface area contributed by atoms with E-state index >= 15 is 0 Å². The van der Waals surface area contributed by atoms with Gasteiger partial charge in [0.15, 0.2) is 11.2 Å². The van der Waals surface area contributed by atoms with Crippen molar-refractivity contribution in [2.45, 2.75) is 46.1 Å². The number of carbonyl (C=O) groups excluding carboxylic acids is 3. The fraction of sp³-hybridized carbons (Fsp3) is 0.385. The summed E-state index contributed by atoms with van der Waals surface area (Å²) in [5.41, 5.74) is 1.56. The van der Waals surface area contributed by atoms with Crippen LogP contribution in [0, 0.1) is 11.8 Å². The topological polar surface area (TPSA) is 112 Å². The molecule has 0 radical (unpaired) electrons. The molecule has 8 heteroatoms. The Bertz CT molecular complexity index is 1310. The first-order valence-electron chi connectivity index (χ1n) is 11.2. The molecule has 34 heavy (non-hydrogen) atoms. The lowest BCUT2D eigenvalue weighted by atomic mass is 9.69. The molecule has 8 nitrogen and oxygen atoms in total. The number of nitrogens with one attached hydrogen (secondary N) is 1. The Balaban J connectivity index is 1.97. The number of dihydropyridines is 1. The minimum absolute atomic E-state index is 0.134. The molecule has 0 unspecified atom stereocenters. The maximum atomic E-state index is 13.7. The van der Waals surface area contributed by atoms with Crippen LogP contribution >= 0.6 is 0 Å². The summed E-state index contributed by atoms with van der Waals surface area (Å²) in [5.74, 6) is -4.18. The van der Waals surface area contributed by atoms with E-state index in [4.69, 9.17) is 13.9 Å². The number of hydrogen-bond acceptors (Lipinski definition) is 8. The first kappa shape index (κ1) is 23.5. The predicted octanol–water partition coefficient (Wildman–Crippen LogP) is 3.36. The molecule has 4 rings (SSSR count). The Hall–Kier alpha value is -3.68. The fourth-order valence-corrected chi connectivity index (χ4v) is 4.83. The number of allylic oxidation sites excluding steroid dienone is 3. The monoisotopic (exact) mass is 465 g/mol. The number of para-hydroxylation sites is 1. The molecule has 1 aliphatic heterocycles. The van der Waals surface area contributed by atoms with Gasteiger partial charge in [0.25, 0.3) is 0 Å². The van der Waals surface area contributed by atoms with Gasteiger partial charge < -0.3 is 19.2 Å². The second-order valence-electron chi connectivity index (χ2n) is 9.01. The van der Waals surface area contributed by atoms with E-state index in [9.17, 15) is 19.2 Å². The summed E-state index contributed by atoms with van der Waals surface area (Å²) in [6.45, 7) is 6.94. The number of ether oxygens (including phenoxy) is 2. The molecule has 2 heterocycles. The quantitative estimate of drug-likeness (QED) is 0.540. The Labute approximate surface area is 196 Å². The van der Waals surface area contributed by atoms with Gasteiger partial charge in [-0.3, -0.25) is 14.4 Å². The van der Waals surface area contributed by atoms with Crippen LogP contribution in [0.3, 0.4) is 0 Å². The van der Waals surface area contributed by atoms with E-state index < -0.39 is 35.7 Å². The van der Waals surface area contributed by atoms with E-state index in [1.807, 2.05) is 0 Å². The molecule has 0 amide bonds. The van der Waals surface area contributed by atoms with E-state index in [-0.39, 0.29) is 28.1 Å². The molecule has 178 valence electrons. The Morgan fingerprint density at radius 1 is 1.18 bits per heavy atom. The number of carbonyl (C=O) groups is 3. The highest BCUT2D eigenvalue weighted by Crippen LogP contribution is 2.45. The lowest BCUT2D eigenvalue weighted by Gasteiger charge is -2.38. The van der Waals surface area contributed by atoms with Crippen LogP contribution in [-0.4, -0.2) is 30.9 Å². The molecule has 0 saturated carbocycles. The number of Topliss-reactive ketones (excluding diaryl/α,β-unsaturated/α-hetero) is 1. The second kappa shape index (κ2) is 8.93. The van der Waals surface area contributed by atoms with E-state index in [1.165, 1.54) is 13.4 Å². The van der Waals surface area contributed by atoms with Crippen molar-refractivity contribution in [2.24, 2.45) is 11.8 Å². The van der Waals surface area contributed by atoms with Gasteiger partial charge in [-0.15, -0.1) is 0 Å². The van der Waals surface area contributed by atoms with Crippen molar-refractivity contribution in [3.8, 4) is 0 Å². The lowest BCUT2D eigenvalue weighted by Crippen LogP contribution is -2.44. The molecule has 1 aliphatic carbocycles. The van der Waals surface area contributed by atoms with Crippen LogP contribution in [0.4, 0.5) is 0 Å². The zero-order chi connectivity index (χ0) is 24.7. The molecule has 1 N–H and O–H groups in total. The van der Waals surface area contributed by atoms with Crippen molar-refractivity contribution in [1.29, 1.82) is 0 Å². The molecule has 0 fully saturated rings. The number of esters is 2. The average molecular weight is 466 g/mol. The van der Waals surface area contributed by atoms with Crippen molar-refractivity contribution in [3.63, 3.8) is 0 Å². The Morgan fingerprint density at radius 3 is 2.56 bits per heavy atom. The third kappa shape index (κ3) is 3.83. The van der Waals surface area contributed by atoms with Crippen molar-refractivity contribution in [1.82, 2.24) is 5.32 Å². The van der Waals surface area contributed by atoms with Gasteiger partial charge in [-0.2, -0.15) is 0 Å². The molecule has 0 bridgehead atoms. The minimum Gasteiger partial charge on any atom is -0.468 e. The van der Waals surface area contributed by atoms with Gasteiger partial charge in [-0.25, -0.2) is 4.79 Å². The first-order chi connectivity index (χ1) is 16.1. The number of methoxy groups -OCH3 is 1. The Morgan fingerprint density at radius 2 is 1.88 bits per heavy atom. The van der Waals surface area contributed by atoms with Gasteiger partial charge in [0.1, 0.15) is 11.5 Å². The standard InChI is InChI=1S/C26H27NO7/c1-12(2)34-26(31)20-14(4)27-17-10-13(3)19(25(30)32-5)24(29)22(17)21(20)16-11-33-18-9-7-6-8-15(18)23(16)28/h6-9,11-13,19,21,27H,10H2,1-5H3/t13-,19-,21-/m0/s1. The number of fused-ring (bicyclic) bond motifs is 1. The van der Waals surface area contributed by atoms with E-state index in [0.717, 1.165) is 0 Å². The highest BCUT2D eigenvalue weighted by molar-refractivity contribution is 6.12. The SMILES string of the molecule is COC(=O)[C@@H]1C(=O)C2=C(C[C@@H]1C)NC(C)=C(C(=O)OC(C)C)[C@@H]2c1coc2ccccc2c1=O. The molecule has 3 atom stereocenters. The molecule has 0 spiro atoms. The molecule has 2 aromatic rings. The smallest absolute Gasteiger partial charge is 0.337 e. The van der Waals surface area contributed by atoms with Crippen LogP contribution in [0.15, 0.2) is 62.3 Å². The normalized spacial score (nSPS) is 22.5. The highest BCUT2D eigenvalue weighted by atomic mass is 16.5. The summed E-state index contributed by atoms with van der Waals surface area (Å²) in [5, 5.41) is 3.50. The van der Waals surface area contributed by atoms with Crippen LogP contribution in [0.5, 0.6) is 0 Å². The Kier molecular flexibility index (Phi) is 6.17. The van der Waals surface area contributed by atoms with E-state index in [2.05, 4.69) is 5.32 Å². The predicted molar refractivity (Wildman–Crippen MR) is 124 cm³/mol. The van der Waals surface area contributed by atoms with Gasteiger partial charge in [0, 0.05) is 22.5 Å². The van der Waals surface area contributed by atoms with Gasteiger partial charge in [-0.05, 0) is 45.2 Å². The summed E-state index contributed by atoms with van der Waals surface area (Å²) in [4.78, 5) is 53.0. The summed E-state index contributed by atoms with van der Waals surface area (Å²) in [6, 6.07) is 6.76. The molecular weight excluding hydrogens is 438 g/mol. The number of ketones is 1. The van der Waals surface area contributed by atoms with Crippen LogP contribution in [-0.2, 0) is 23.9 Å². The molecule has 1 aromatic carbocycles. The van der Waals surface area contributed by atoms with Gasteiger partial charge in [0.2, 0.25) is 0 Å². The van der Waals surface area contributed by atoms with Crippen molar-refractivity contribution < 1.29 is 28.3 Å². The molecule has 0 saturated heterocycles. The van der Waals surface area contributed by atoms with Crippen LogP contribution in [0.25, 0.3) is 11.0 Å². The summed E-state index contributed by atoms with van der Waals surface area (Å²) >= 11 is 0. The van der Waals surface area contributed by atoms with Crippen molar-refractivity contribution >= 4 is 28.7 Å². The van der Waals surface area contributed by atoms with Crippen molar-refractivity contribution in [3.05, 3.63) is 68.9 Å². The summed E-state index contributed by atoms with van der Waals surface area (Å²) in [6.07, 6.45) is 1.25. The third-order valence-corrected chi connectivity index (χ3v) is 6.32. The van der Waals surface area contributed by atoms with E-state index in [0.29, 0.717) is 28.8 Å². The molecular formula is C26H27NO7. The number of hydrogen-bond donors (Lipinski definition) is 1. The minimum atomic E-state index is -1.05. The van der Waals surface area contributed by atoms with Gasteiger partial charge >= 0.3 is 11.9 Å². The second-order valence-corrected chi connectivity index (χ2v) is 9.01. The summed E-state index contributed by atoms with van der Waals surface area (Å²) in [7, 11) is 1.23. The highest BCUT2D eigenvalue weighted by Gasteiger charge is 2.48. The van der Waals surface area contributed by atoms with Crippen LogP contribution in [0.2, 0.25) is 0 Å². The zero-order valence-electron chi connectivity index (χ0n) is 19.8. The van der Waals surface area contributed by atoms with Crippen LogP contribution < -0.4 is 10.7 Å². The first-order valence-corrected chi connectivity index (χ1v) is 11.2. The van der Waals surface area contributed by atoms with Gasteiger partial charge in [-0.1, -0.05) is 19.1 Å². The average Bonchev–Trinajstić information content (AvgIpc) is 2.78. The number of rotatable bonds is 4. The number of benzene rings is 1. The zero-order valence-corrected chi connectivity index (χ0v) is 19.8. The van der Waals surface area contributed by atoms with Crippen molar-refractivity contribution in [2.75, 3.05) is 7.11 Å². The fourth-order valence-electron chi connectivity index (χ4n) is 4.83. The lowest BCUT2D eigenvalue weighted by molar-refractivity contribution is -0.151.